The summed E-state index contributed by atoms with van der Waals surface area (Å²) in [6.07, 6.45) is 0. The van der Waals surface area contributed by atoms with Crippen molar-refractivity contribution in [1.29, 1.82) is 0 Å². The molecule has 0 amide bonds. The molecule has 0 aliphatic rings. The molecule has 4 nitrogen and oxygen atoms in total. The molecule has 0 aliphatic heterocycles. The summed E-state index contributed by atoms with van der Waals surface area (Å²) in [5, 5.41) is 0. The van der Waals surface area contributed by atoms with Crippen LogP contribution in [0.15, 0.2) is 13.9 Å². The molecule has 0 bridgehead atoms. The standard InChI is InChI=1S/C6H5Br3N2O2/c1-3(12)13-2-11-5(8)4(7)10-6(11)9/h2H2,1H3. The van der Waals surface area contributed by atoms with Crippen molar-refractivity contribution >= 4 is 53.8 Å². The van der Waals surface area contributed by atoms with Crippen molar-refractivity contribution in [2.24, 2.45) is 0 Å². The number of ether oxygens (including phenoxy) is 1. The minimum atomic E-state index is -0.330. The van der Waals surface area contributed by atoms with Crippen molar-refractivity contribution in [3.05, 3.63) is 13.9 Å². The Kier molecular flexibility index (Phi) is 3.93. The fourth-order valence-corrected chi connectivity index (χ4v) is 2.32. The van der Waals surface area contributed by atoms with Gasteiger partial charge in [0.2, 0.25) is 0 Å². The SMILES string of the molecule is CC(=O)OCn1c(Br)nc(Br)c1Br. The molecule has 72 valence electrons. The summed E-state index contributed by atoms with van der Waals surface area (Å²) >= 11 is 9.73. The summed E-state index contributed by atoms with van der Waals surface area (Å²) in [4.78, 5) is 14.6. The maximum Gasteiger partial charge on any atom is 0.304 e. The molecule has 1 aromatic heterocycles. The van der Waals surface area contributed by atoms with Crippen molar-refractivity contribution in [3.63, 3.8) is 0 Å². The minimum Gasteiger partial charge on any atom is -0.444 e. The lowest BCUT2D eigenvalue weighted by atomic mass is 10.8. The quantitative estimate of drug-likeness (QED) is 0.745. The van der Waals surface area contributed by atoms with E-state index >= 15 is 0 Å². The number of carbonyl (C=O) groups excluding carboxylic acids is 1. The van der Waals surface area contributed by atoms with E-state index in [1.54, 1.807) is 4.57 Å². The van der Waals surface area contributed by atoms with Crippen LogP contribution in [0.2, 0.25) is 0 Å². The van der Waals surface area contributed by atoms with Gasteiger partial charge in [0, 0.05) is 6.92 Å². The van der Waals surface area contributed by atoms with Gasteiger partial charge in [-0.05, 0) is 47.8 Å². The monoisotopic (exact) mass is 374 g/mol. The van der Waals surface area contributed by atoms with E-state index in [0.717, 1.165) is 4.60 Å². The molecule has 1 rings (SSSR count). The van der Waals surface area contributed by atoms with Gasteiger partial charge in [-0.25, -0.2) is 4.98 Å². The molecule has 0 aliphatic carbocycles. The van der Waals surface area contributed by atoms with E-state index < -0.39 is 0 Å². The normalized spacial score (nSPS) is 10.2. The summed E-state index contributed by atoms with van der Waals surface area (Å²) in [5.41, 5.74) is 0. The van der Waals surface area contributed by atoms with Gasteiger partial charge in [0.25, 0.3) is 0 Å². The number of hydrogen-bond donors (Lipinski definition) is 0. The van der Waals surface area contributed by atoms with Gasteiger partial charge in [-0.3, -0.25) is 9.36 Å². The number of halogens is 3. The van der Waals surface area contributed by atoms with Crippen molar-refractivity contribution in [2.75, 3.05) is 0 Å². The molecule has 1 heterocycles. The van der Waals surface area contributed by atoms with Crippen LogP contribution in [0.4, 0.5) is 0 Å². The third-order valence-corrected chi connectivity index (χ3v) is 3.71. The predicted octanol–water partition coefficient (Wildman–Crippen LogP) is 2.69. The number of carbonyl (C=O) groups is 1. The fourth-order valence-electron chi connectivity index (χ4n) is 0.645. The largest absolute Gasteiger partial charge is 0.444 e. The Morgan fingerprint density at radius 3 is 2.54 bits per heavy atom. The first kappa shape index (κ1) is 11.2. The second-order valence-electron chi connectivity index (χ2n) is 2.16. The second kappa shape index (κ2) is 4.56. The number of rotatable bonds is 2. The summed E-state index contributed by atoms with van der Waals surface area (Å²) < 4.78 is 8.44. The third kappa shape index (κ3) is 2.78. The van der Waals surface area contributed by atoms with Gasteiger partial charge in [-0.1, -0.05) is 0 Å². The fraction of sp³-hybridized carbons (Fsp3) is 0.333. The summed E-state index contributed by atoms with van der Waals surface area (Å²) in [6.45, 7) is 1.49. The zero-order valence-corrected chi connectivity index (χ0v) is 11.3. The molecular formula is C6H5Br3N2O2. The van der Waals surface area contributed by atoms with Crippen LogP contribution in [0.3, 0.4) is 0 Å². The molecule has 0 aromatic carbocycles. The van der Waals surface area contributed by atoms with Gasteiger partial charge in [0.05, 0.1) is 0 Å². The molecule has 0 saturated heterocycles. The third-order valence-electron chi connectivity index (χ3n) is 1.22. The molecular weight excluding hydrogens is 372 g/mol. The summed E-state index contributed by atoms with van der Waals surface area (Å²) in [6, 6.07) is 0. The van der Waals surface area contributed by atoms with Crippen molar-refractivity contribution in [3.8, 4) is 0 Å². The van der Waals surface area contributed by atoms with Crippen LogP contribution in [0.25, 0.3) is 0 Å². The zero-order valence-electron chi connectivity index (χ0n) is 6.55. The summed E-state index contributed by atoms with van der Waals surface area (Å²) in [5.74, 6) is -0.330. The molecule has 13 heavy (non-hydrogen) atoms. The lowest BCUT2D eigenvalue weighted by molar-refractivity contribution is -0.144. The Balaban J connectivity index is 2.81. The Morgan fingerprint density at radius 2 is 2.15 bits per heavy atom. The highest BCUT2D eigenvalue weighted by Crippen LogP contribution is 2.26. The molecule has 0 saturated carbocycles. The van der Waals surface area contributed by atoms with E-state index in [4.69, 9.17) is 4.74 Å². The van der Waals surface area contributed by atoms with E-state index in [1.165, 1.54) is 6.92 Å². The Morgan fingerprint density at radius 1 is 1.54 bits per heavy atom. The van der Waals surface area contributed by atoms with Crippen LogP contribution in [-0.2, 0) is 16.3 Å². The van der Waals surface area contributed by atoms with Crippen LogP contribution < -0.4 is 0 Å². The predicted molar refractivity (Wildman–Crippen MR) is 57.1 cm³/mol. The van der Waals surface area contributed by atoms with Gasteiger partial charge >= 0.3 is 5.97 Å². The maximum atomic E-state index is 10.5. The van der Waals surface area contributed by atoms with E-state index in [0.29, 0.717) is 9.34 Å². The zero-order chi connectivity index (χ0) is 10.0. The lowest BCUT2D eigenvalue weighted by Gasteiger charge is -2.04. The van der Waals surface area contributed by atoms with Gasteiger partial charge in [-0.2, -0.15) is 0 Å². The number of hydrogen-bond acceptors (Lipinski definition) is 3. The van der Waals surface area contributed by atoms with Gasteiger partial charge in [0.1, 0.15) is 9.21 Å². The van der Waals surface area contributed by atoms with Gasteiger partial charge < -0.3 is 4.74 Å². The average Bonchev–Trinajstić information content (AvgIpc) is 2.24. The van der Waals surface area contributed by atoms with Crippen LogP contribution >= 0.6 is 47.8 Å². The Labute approximate surface area is 100 Å². The molecule has 0 N–H and O–H groups in total. The number of nitrogens with zero attached hydrogens (tertiary/aromatic N) is 2. The number of esters is 1. The molecule has 0 radical (unpaired) electrons. The lowest BCUT2D eigenvalue weighted by Crippen LogP contribution is -2.06. The van der Waals surface area contributed by atoms with Crippen LogP contribution in [-0.4, -0.2) is 15.5 Å². The second-order valence-corrected chi connectivity index (χ2v) is 4.37. The number of aromatic nitrogens is 2. The van der Waals surface area contributed by atoms with E-state index in [2.05, 4.69) is 52.8 Å². The smallest absolute Gasteiger partial charge is 0.304 e. The Hall–Kier alpha value is 0.120. The van der Waals surface area contributed by atoms with Crippen molar-refractivity contribution < 1.29 is 9.53 Å². The molecule has 1 aromatic rings. The molecule has 7 heteroatoms. The van der Waals surface area contributed by atoms with Crippen molar-refractivity contribution in [1.82, 2.24) is 9.55 Å². The maximum absolute atomic E-state index is 10.5. The topological polar surface area (TPSA) is 44.1 Å². The van der Waals surface area contributed by atoms with Crippen LogP contribution in [0.1, 0.15) is 6.92 Å². The van der Waals surface area contributed by atoms with E-state index in [9.17, 15) is 4.79 Å². The molecule has 0 fully saturated rings. The number of imidazole rings is 1. The Bertz CT molecular complexity index is 337. The van der Waals surface area contributed by atoms with E-state index in [-0.39, 0.29) is 12.7 Å². The minimum absolute atomic E-state index is 0.134. The van der Waals surface area contributed by atoms with Crippen LogP contribution in [0.5, 0.6) is 0 Å². The molecule has 0 atom stereocenters. The summed E-state index contributed by atoms with van der Waals surface area (Å²) in [7, 11) is 0. The van der Waals surface area contributed by atoms with Crippen LogP contribution in [0, 0.1) is 0 Å². The first-order valence-corrected chi connectivity index (χ1v) is 5.60. The van der Waals surface area contributed by atoms with Gasteiger partial charge in [0.15, 0.2) is 11.5 Å². The molecule has 0 unspecified atom stereocenters. The average molecular weight is 377 g/mol. The highest BCUT2D eigenvalue weighted by molar-refractivity contribution is 9.13. The van der Waals surface area contributed by atoms with Crippen molar-refractivity contribution in [2.45, 2.75) is 13.7 Å². The highest BCUT2D eigenvalue weighted by atomic mass is 79.9. The highest BCUT2D eigenvalue weighted by Gasteiger charge is 2.11. The van der Waals surface area contributed by atoms with Gasteiger partial charge in [-0.15, -0.1) is 0 Å². The molecule has 0 spiro atoms. The van der Waals surface area contributed by atoms with E-state index in [1.807, 2.05) is 0 Å². The first-order chi connectivity index (χ1) is 6.02. The first-order valence-electron chi connectivity index (χ1n) is 3.22.